The van der Waals surface area contributed by atoms with Gasteiger partial charge < -0.3 is 5.11 Å². The van der Waals surface area contributed by atoms with Gasteiger partial charge in [-0.05, 0) is 17.5 Å². The fraction of sp³-hybridized carbons (Fsp3) is 0.0667. The summed E-state index contributed by atoms with van der Waals surface area (Å²) in [6.45, 7) is 0. The van der Waals surface area contributed by atoms with E-state index in [0.717, 1.165) is 16.1 Å². The molecule has 0 atom stereocenters. The van der Waals surface area contributed by atoms with Gasteiger partial charge in [-0.1, -0.05) is 40.2 Å². The van der Waals surface area contributed by atoms with E-state index in [1.165, 1.54) is 0 Å². The fourth-order valence-corrected chi connectivity index (χ4v) is 3.53. The van der Waals surface area contributed by atoms with Gasteiger partial charge in [-0.15, -0.1) is 11.3 Å². The number of fused-ring (bicyclic) bond motifs is 1. The number of hydrogen-bond acceptors (Lipinski definition) is 3. The molecule has 0 aliphatic carbocycles. The van der Waals surface area contributed by atoms with Crippen LogP contribution < -0.4 is 0 Å². The van der Waals surface area contributed by atoms with Crippen LogP contribution in [0.2, 0.25) is 0 Å². The Kier molecular flexibility index (Phi) is 3.54. The minimum Gasteiger partial charge on any atom is -0.478 e. The summed E-state index contributed by atoms with van der Waals surface area (Å²) in [7, 11) is 0. The van der Waals surface area contributed by atoms with Crippen LogP contribution in [0.3, 0.4) is 0 Å². The van der Waals surface area contributed by atoms with Crippen molar-refractivity contribution in [2.75, 3.05) is 0 Å². The minimum absolute atomic E-state index is 0.330. The highest BCUT2D eigenvalue weighted by Crippen LogP contribution is 2.33. The molecule has 0 saturated heterocycles. The number of carboxylic acids is 1. The average molecular weight is 348 g/mol. The number of para-hydroxylation sites is 1. The normalized spacial score (nSPS) is 10.8. The van der Waals surface area contributed by atoms with Crippen molar-refractivity contribution in [2.45, 2.75) is 5.33 Å². The maximum atomic E-state index is 11.7. The van der Waals surface area contributed by atoms with Crippen LogP contribution in [-0.4, -0.2) is 16.1 Å². The van der Waals surface area contributed by atoms with Gasteiger partial charge in [0.25, 0.3) is 0 Å². The molecule has 3 rings (SSSR count). The van der Waals surface area contributed by atoms with Crippen molar-refractivity contribution in [3.05, 3.63) is 52.9 Å². The van der Waals surface area contributed by atoms with E-state index in [-0.39, 0.29) is 0 Å². The quantitative estimate of drug-likeness (QED) is 0.706. The Morgan fingerprint density at radius 2 is 2.05 bits per heavy atom. The highest BCUT2D eigenvalue weighted by atomic mass is 79.9. The molecule has 0 bridgehead atoms. The lowest BCUT2D eigenvalue weighted by molar-refractivity contribution is 0.0698. The van der Waals surface area contributed by atoms with E-state index >= 15 is 0 Å². The number of pyridine rings is 1. The smallest absolute Gasteiger partial charge is 0.336 e. The van der Waals surface area contributed by atoms with Gasteiger partial charge in [-0.2, -0.15) is 0 Å². The number of hydrogen-bond donors (Lipinski definition) is 1. The predicted octanol–water partition coefficient (Wildman–Crippen LogP) is 4.56. The molecular weight excluding hydrogens is 338 g/mol. The third-order valence-corrected chi connectivity index (χ3v) is 4.53. The van der Waals surface area contributed by atoms with Gasteiger partial charge in [-0.25, -0.2) is 9.78 Å². The number of carbonyl (C=O) groups is 1. The molecule has 0 saturated carbocycles. The van der Waals surface area contributed by atoms with E-state index in [1.807, 2.05) is 35.7 Å². The summed E-state index contributed by atoms with van der Waals surface area (Å²) < 4.78 is 0. The number of benzene rings is 1. The fourth-order valence-electron chi connectivity index (χ4n) is 2.24. The lowest BCUT2D eigenvalue weighted by Crippen LogP contribution is -2.06. The molecule has 0 aliphatic heterocycles. The number of aromatic carboxylic acids is 1. The van der Waals surface area contributed by atoms with Crippen LogP contribution in [0.15, 0.2) is 41.8 Å². The number of carboxylic acid groups (broad SMARTS) is 1. The summed E-state index contributed by atoms with van der Waals surface area (Å²) in [5, 5.41) is 12.7. The van der Waals surface area contributed by atoms with Crippen LogP contribution in [0.4, 0.5) is 0 Å². The number of thiophene rings is 1. The second kappa shape index (κ2) is 5.34. The van der Waals surface area contributed by atoms with Gasteiger partial charge in [0.1, 0.15) is 0 Å². The minimum atomic E-state index is -0.921. The van der Waals surface area contributed by atoms with E-state index in [9.17, 15) is 9.90 Å². The maximum Gasteiger partial charge on any atom is 0.336 e. The molecule has 0 spiro atoms. The lowest BCUT2D eigenvalue weighted by Gasteiger charge is -2.12. The number of alkyl halides is 1. The van der Waals surface area contributed by atoms with Gasteiger partial charge in [0.05, 0.1) is 21.7 Å². The van der Waals surface area contributed by atoms with Crippen molar-refractivity contribution in [3.63, 3.8) is 0 Å². The van der Waals surface area contributed by atoms with Gasteiger partial charge in [0.2, 0.25) is 0 Å². The second-order valence-electron chi connectivity index (χ2n) is 4.25. The standard InChI is InChI=1S/C15H10BrNO2S/c16-8-10-13(15(18)19)9-4-1-2-5-11(9)17-14(10)12-6-3-7-20-12/h1-7H,8H2,(H,18,19). The highest BCUT2D eigenvalue weighted by molar-refractivity contribution is 9.08. The topological polar surface area (TPSA) is 50.2 Å². The molecule has 3 aromatic rings. The lowest BCUT2D eigenvalue weighted by atomic mass is 10.0. The van der Waals surface area contributed by atoms with Crippen LogP contribution in [0.5, 0.6) is 0 Å². The number of aromatic nitrogens is 1. The summed E-state index contributed by atoms with van der Waals surface area (Å²) in [6, 6.07) is 11.2. The molecule has 20 heavy (non-hydrogen) atoms. The molecule has 1 aromatic carbocycles. The maximum absolute atomic E-state index is 11.7. The van der Waals surface area contributed by atoms with Gasteiger partial charge >= 0.3 is 5.97 Å². The monoisotopic (exact) mass is 347 g/mol. The molecule has 3 nitrogen and oxygen atoms in total. The Bertz CT molecular complexity index is 784. The molecule has 0 radical (unpaired) electrons. The molecule has 1 N–H and O–H groups in total. The predicted molar refractivity (Wildman–Crippen MR) is 84.6 cm³/mol. The van der Waals surface area contributed by atoms with E-state index in [1.54, 1.807) is 17.4 Å². The first kappa shape index (κ1) is 13.3. The number of rotatable bonds is 3. The van der Waals surface area contributed by atoms with E-state index < -0.39 is 5.97 Å². The molecule has 5 heteroatoms. The molecule has 2 aromatic heterocycles. The van der Waals surface area contributed by atoms with Crippen molar-refractivity contribution < 1.29 is 9.90 Å². The van der Waals surface area contributed by atoms with Crippen molar-refractivity contribution in [1.29, 1.82) is 0 Å². The molecule has 0 fully saturated rings. The van der Waals surface area contributed by atoms with E-state index in [2.05, 4.69) is 20.9 Å². The average Bonchev–Trinajstić information content (AvgIpc) is 2.98. The first-order valence-corrected chi connectivity index (χ1v) is 7.97. The van der Waals surface area contributed by atoms with Gasteiger partial charge in [0, 0.05) is 16.3 Å². The molecule has 0 unspecified atom stereocenters. The van der Waals surface area contributed by atoms with Crippen LogP contribution in [0.1, 0.15) is 15.9 Å². The Hall–Kier alpha value is -1.72. The number of nitrogens with zero attached hydrogens (tertiary/aromatic N) is 1. The summed E-state index contributed by atoms with van der Waals surface area (Å²) >= 11 is 4.96. The first-order chi connectivity index (χ1) is 9.72. The van der Waals surface area contributed by atoms with Crippen molar-refractivity contribution in [1.82, 2.24) is 4.98 Å². The van der Waals surface area contributed by atoms with Gasteiger partial charge in [0.15, 0.2) is 0 Å². The Morgan fingerprint density at radius 3 is 2.70 bits per heavy atom. The van der Waals surface area contributed by atoms with Crippen LogP contribution in [-0.2, 0) is 5.33 Å². The zero-order valence-corrected chi connectivity index (χ0v) is 12.7. The summed E-state index contributed by atoms with van der Waals surface area (Å²) in [5.74, 6) is -0.921. The molecular formula is C15H10BrNO2S. The molecule has 2 heterocycles. The third kappa shape index (κ3) is 2.13. The van der Waals surface area contributed by atoms with E-state index in [4.69, 9.17) is 0 Å². The Labute approximate surface area is 128 Å². The third-order valence-electron chi connectivity index (χ3n) is 3.10. The van der Waals surface area contributed by atoms with Crippen LogP contribution >= 0.6 is 27.3 Å². The summed E-state index contributed by atoms with van der Waals surface area (Å²) in [5.41, 5.74) is 2.50. The molecule has 0 amide bonds. The summed E-state index contributed by atoms with van der Waals surface area (Å²) in [6.07, 6.45) is 0. The first-order valence-electron chi connectivity index (χ1n) is 5.97. The molecule has 0 aliphatic rings. The van der Waals surface area contributed by atoms with Gasteiger partial charge in [-0.3, -0.25) is 0 Å². The Balaban J connectivity index is 2.44. The molecule has 100 valence electrons. The Morgan fingerprint density at radius 1 is 1.25 bits per heavy atom. The number of halogens is 1. The highest BCUT2D eigenvalue weighted by Gasteiger charge is 2.20. The van der Waals surface area contributed by atoms with E-state index in [0.29, 0.717) is 21.8 Å². The largest absolute Gasteiger partial charge is 0.478 e. The zero-order valence-electron chi connectivity index (χ0n) is 10.3. The van der Waals surface area contributed by atoms with Crippen LogP contribution in [0.25, 0.3) is 21.5 Å². The van der Waals surface area contributed by atoms with Crippen molar-refractivity contribution in [3.8, 4) is 10.6 Å². The van der Waals surface area contributed by atoms with Crippen molar-refractivity contribution in [2.24, 2.45) is 0 Å². The van der Waals surface area contributed by atoms with Crippen molar-refractivity contribution >= 4 is 44.1 Å². The zero-order chi connectivity index (χ0) is 14.1. The second-order valence-corrected chi connectivity index (χ2v) is 5.76. The van der Waals surface area contributed by atoms with Crippen LogP contribution in [0, 0.1) is 0 Å². The SMILES string of the molecule is O=C(O)c1c(CBr)c(-c2cccs2)nc2ccccc12. The summed E-state index contributed by atoms with van der Waals surface area (Å²) in [4.78, 5) is 17.3.